The number of benzene rings is 2. The summed E-state index contributed by atoms with van der Waals surface area (Å²) in [6.07, 6.45) is 10.7. The number of carbonyl (C=O) groups is 1. The number of β-amino-alcohol motifs (C(OH)–C–C–N with tert-alkyl or cyclic N) is 1. The van der Waals surface area contributed by atoms with Crippen molar-refractivity contribution < 1.29 is 18.8 Å². The molecule has 7 atom stereocenters. The SMILES string of the molecule is CCCc1cc(Cl)ccc1C1COc2ccc3cc2N(C1)CC1CCC1C(O)(CN1CCc2cncnc2C1)CCCC(C)C(C)S(=O)NC3=O. The van der Waals surface area contributed by atoms with Gasteiger partial charge in [0, 0.05) is 55.4 Å². The largest absolute Gasteiger partial charge is 0.491 e. The van der Waals surface area contributed by atoms with Crippen molar-refractivity contribution in [1.29, 1.82) is 0 Å². The fourth-order valence-corrected chi connectivity index (χ4v) is 10.1. The van der Waals surface area contributed by atoms with Crippen LogP contribution in [0.25, 0.3) is 0 Å². The molecule has 1 fully saturated rings. The van der Waals surface area contributed by atoms with Crippen LogP contribution in [0.3, 0.4) is 0 Å². The third kappa shape index (κ3) is 7.85. The van der Waals surface area contributed by atoms with Crippen LogP contribution in [-0.4, -0.2) is 73.7 Å². The standard InChI is InChI=1S/C40H52ClN5O4S/c1-4-6-28-17-33(41)10-11-34(28)32-21-46-20-31-8-12-35(31)40(48,24-45-16-14-30-19-42-25-43-36(30)22-45)15-5-7-26(2)27(3)51(49)44-39(47)29-9-13-38(50-23-32)37(46)18-29/h9-11,13,17-19,25-27,31-32,35,48H,4-8,12,14-16,20-24H2,1-3H3,(H,44,47). The summed E-state index contributed by atoms with van der Waals surface area (Å²) in [6, 6.07) is 11.8. The minimum atomic E-state index is -1.56. The number of aryl methyl sites for hydroxylation is 1. The van der Waals surface area contributed by atoms with Crippen molar-refractivity contribution in [2.45, 2.75) is 95.5 Å². The van der Waals surface area contributed by atoms with Gasteiger partial charge < -0.3 is 14.7 Å². The van der Waals surface area contributed by atoms with Gasteiger partial charge in [-0.25, -0.2) is 14.2 Å². The Balaban J connectivity index is 1.23. The molecule has 3 aliphatic heterocycles. The van der Waals surface area contributed by atoms with E-state index in [1.54, 1.807) is 12.4 Å². The number of fused-ring (bicyclic) bond motifs is 3. The Bertz CT molecular complexity index is 1760. The van der Waals surface area contributed by atoms with E-state index >= 15 is 0 Å². The van der Waals surface area contributed by atoms with Gasteiger partial charge in [-0.2, -0.15) is 0 Å². The summed E-state index contributed by atoms with van der Waals surface area (Å²) in [5.41, 5.74) is 5.20. The van der Waals surface area contributed by atoms with E-state index in [0.717, 1.165) is 80.2 Å². The first-order chi connectivity index (χ1) is 24.6. The molecule has 51 heavy (non-hydrogen) atoms. The van der Waals surface area contributed by atoms with Gasteiger partial charge in [-0.15, -0.1) is 0 Å². The van der Waals surface area contributed by atoms with Gasteiger partial charge in [0.2, 0.25) is 0 Å². The molecule has 1 aliphatic carbocycles. The molecule has 2 aromatic carbocycles. The highest BCUT2D eigenvalue weighted by molar-refractivity contribution is 7.84. The maximum Gasteiger partial charge on any atom is 0.263 e. The Kier molecular flexibility index (Phi) is 11.0. The molecule has 2 bridgehead atoms. The highest BCUT2D eigenvalue weighted by atomic mass is 35.5. The van der Waals surface area contributed by atoms with Gasteiger partial charge in [0.25, 0.3) is 5.91 Å². The van der Waals surface area contributed by atoms with E-state index in [1.165, 1.54) is 16.7 Å². The molecule has 4 heterocycles. The lowest BCUT2D eigenvalue weighted by atomic mass is 9.62. The van der Waals surface area contributed by atoms with Crippen LogP contribution in [0, 0.1) is 17.8 Å². The van der Waals surface area contributed by atoms with E-state index in [1.807, 2.05) is 31.3 Å². The smallest absolute Gasteiger partial charge is 0.263 e. The Morgan fingerprint density at radius 1 is 1.14 bits per heavy atom. The zero-order chi connectivity index (χ0) is 35.7. The van der Waals surface area contributed by atoms with Gasteiger partial charge in [0.05, 0.1) is 28.8 Å². The Labute approximate surface area is 310 Å². The lowest BCUT2D eigenvalue weighted by molar-refractivity contribution is -0.107. The van der Waals surface area contributed by atoms with E-state index in [2.05, 4.69) is 50.5 Å². The molecule has 3 aromatic rings. The molecule has 7 unspecified atom stereocenters. The maximum atomic E-state index is 13.5. The first-order valence-electron chi connectivity index (χ1n) is 18.9. The highest BCUT2D eigenvalue weighted by Gasteiger charge is 2.48. The predicted molar refractivity (Wildman–Crippen MR) is 203 cm³/mol. The van der Waals surface area contributed by atoms with Crippen LogP contribution in [-0.2, 0) is 30.4 Å². The Hall–Kier alpha value is -3.05. The number of amides is 1. The van der Waals surface area contributed by atoms with Gasteiger partial charge in [-0.1, -0.05) is 44.4 Å². The lowest BCUT2D eigenvalue weighted by Crippen LogP contribution is -2.56. The van der Waals surface area contributed by atoms with Gasteiger partial charge >= 0.3 is 0 Å². The molecule has 0 radical (unpaired) electrons. The summed E-state index contributed by atoms with van der Waals surface area (Å²) < 4.78 is 22.8. The molecular weight excluding hydrogens is 682 g/mol. The molecule has 1 aromatic heterocycles. The van der Waals surface area contributed by atoms with Crippen molar-refractivity contribution >= 4 is 34.2 Å². The van der Waals surface area contributed by atoms with E-state index in [4.69, 9.17) is 16.3 Å². The molecule has 11 heteroatoms. The number of nitrogens with one attached hydrogen (secondary N) is 1. The topological polar surface area (TPSA) is 108 Å². The summed E-state index contributed by atoms with van der Waals surface area (Å²) in [5, 5.41) is 13.3. The molecule has 1 amide bonds. The number of aromatic nitrogens is 2. The number of ether oxygens (including phenoxy) is 1. The van der Waals surface area contributed by atoms with Crippen LogP contribution >= 0.6 is 11.6 Å². The molecule has 0 spiro atoms. The summed E-state index contributed by atoms with van der Waals surface area (Å²) in [4.78, 5) is 27.1. The average molecular weight is 734 g/mol. The minimum absolute atomic E-state index is 0.0850. The number of carbonyl (C=O) groups excluding carboxylic acids is 1. The summed E-state index contributed by atoms with van der Waals surface area (Å²) in [6.45, 7) is 10.4. The molecule has 9 nitrogen and oxygen atoms in total. The first-order valence-corrected chi connectivity index (χ1v) is 20.4. The van der Waals surface area contributed by atoms with Gasteiger partial charge in [0.1, 0.15) is 23.1 Å². The van der Waals surface area contributed by atoms with Gasteiger partial charge in [-0.3, -0.25) is 14.4 Å². The predicted octanol–water partition coefficient (Wildman–Crippen LogP) is 6.48. The second-order valence-electron chi connectivity index (χ2n) is 15.5. The van der Waals surface area contributed by atoms with Crippen LogP contribution in [0.1, 0.15) is 98.0 Å². The summed E-state index contributed by atoms with van der Waals surface area (Å²) in [5.74, 6) is 0.997. The van der Waals surface area contributed by atoms with Crippen molar-refractivity contribution in [2.75, 3.05) is 37.7 Å². The lowest BCUT2D eigenvalue weighted by Gasteiger charge is -2.51. The molecule has 2 N–H and O–H groups in total. The molecule has 7 rings (SSSR count). The van der Waals surface area contributed by atoms with Crippen molar-refractivity contribution in [3.8, 4) is 5.75 Å². The molecule has 0 saturated heterocycles. The first kappa shape index (κ1) is 36.3. The monoisotopic (exact) mass is 733 g/mol. The van der Waals surface area contributed by atoms with Crippen molar-refractivity contribution in [3.63, 3.8) is 0 Å². The zero-order valence-electron chi connectivity index (χ0n) is 30.2. The third-order valence-electron chi connectivity index (χ3n) is 12.1. The number of rotatable bonds is 5. The van der Waals surface area contributed by atoms with E-state index in [-0.39, 0.29) is 34.8 Å². The second kappa shape index (κ2) is 15.5. The van der Waals surface area contributed by atoms with Crippen LogP contribution < -0.4 is 14.4 Å². The summed E-state index contributed by atoms with van der Waals surface area (Å²) in [7, 11) is -1.56. The van der Waals surface area contributed by atoms with Crippen LogP contribution in [0.15, 0.2) is 48.9 Å². The van der Waals surface area contributed by atoms with Crippen LogP contribution in [0.2, 0.25) is 5.02 Å². The van der Waals surface area contributed by atoms with E-state index in [0.29, 0.717) is 38.2 Å². The maximum absolute atomic E-state index is 13.5. The molecule has 4 aliphatic rings. The summed E-state index contributed by atoms with van der Waals surface area (Å²) >= 11 is 6.48. The van der Waals surface area contributed by atoms with Gasteiger partial charge in [0.15, 0.2) is 0 Å². The van der Waals surface area contributed by atoms with Crippen molar-refractivity contribution in [2.24, 2.45) is 17.8 Å². The van der Waals surface area contributed by atoms with Crippen molar-refractivity contribution in [1.82, 2.24) is 19.6 Å². The van der Waals surface area contributed by atoms with Crippen LogP contribution in [0.4, 0.5) is 5.69 Å². The van der Waals surface area contributed by atoms with Crippen molar-refractivity contribution in [3.05, 3.63) is 81.9 Å². The minimum Gasteiger partial charge on any atom is -0.491 e. The number of halogens is 1. The number of hydrogen-bond acceptors (Lipinski definition) is 8. The fourth-order valence-electron chi connectivity index (χ4n) is 8.86. The number of aliphatic hydroxyl groups is 1. The molecule has 1 saturated carbocycles. The normalized spacial score (nSPS) is 30.2. The number of hydrogen-bond donors (Lipinski definition) is 2. The average Bonchev–Trinajstić information content (AvgIpc) is 3.28. The van der Waals surface area contributed by atoms with Gasteiger partial charge in [-0.05, 0) is 110 Å². The number of nitrogens with zero attached hydrogens (tertiary/aromatic N) is 4. The molecular formula is C40H52ClN5O4S. The Morgan fingerprint density at radius 3 is 2.80 bits per heavy atom. The Morgan fingerprint density at radius 2 is 2.00 bits per heavy atom. The molecule has 274 valence electrons. The zero-order valence-corrected chi connectivity index (χ0v) is 31.7. The fraction of sp³-hybridized carbons (Fsp3) is 0.575. The third-order valence-corrected chi connectivity index (χ3v) is 13.9. The quantitative estimate of drug-likeness (QED) is 0.307. The van der Waals surface area contributed by atoms with Crippen LogP contribution in [0.5, 0.6) is 5.75 Å². The van der Waals surface area contributed by atoms with E-state index < -0.39 is 16.6 Å². The number of anilines is 1. The highest BCUT2D eigenvalue weighted by Crippen LogP contribution is 2.47. The second-order valence-corrected chi connectivity index (χ2v) is 17.5. The van der Waals surface area contributed by atoms with E-state index in [9.17, 15) is 14.1 Å².